The number of para-hydroxylation sites is 3. The molecule has 2 aromatic heterocycles. The van der Waals surface area contributed by atoms with Crippen molar-refractivity contribution >= 4 is 54.4 Å². The molecule has 0 radical (unpaired) electrons. The number of nitriles is 1. The predicted molar refractivity (Wildman–Crippen MR) is 211 cm³/mol. The first-order chi connectivity index (χ1) is 26.2. The smallest absolute Gasteiger partial charge is 0.284 e. The van der Waals surface area contributed by atoms with Gasteiger partial charge in [-0.05, 0) is 98.4 Å². The van der Waals surface area contributed by atoms with Crippen LogP contribution in [0.2, 0.25) is 0 Å². The van der Waals surface area contributed by atoms with Gasteiger partial charge in [-0.15, -0.1) is 0 Å². The van der Waals surface area contributed by atoms with Crippen molar-refractivity contribution in [3.63, 3.8) is 0 Å². The molecule has 53 heavy (non-hydrogen) atoms. The first kappa shape index (κ1) is 29.3. The normalized spacial score (nSPS) is 12.1. The molecule has 1 aliphatic rings. The second-order valence-corrected chi connectivity index (χ2v) is 13.3. The van der Waals surface area contributed by atoms with Gasteiger partial charge in [0.05, 0.1) is 33.7 Å². The van der Waals surface area contributed by atoms with Crippen LogP contribution in [0.15, 0.2) is 158 Å². The molecule has 11 rings (SSSR count). The molecule has 6 heteroatoms. The standard InChI is InChI=1S/C47H26N4O2/c48-27-28-18-21-32-33-22-19-29(25-41(33)51(40(32)24-28)31-10-2-1-3-11-31)44-34-12-4-6-14-36(34)45(37-15-7-5-13-35(37)44)30-20-23-42-43(26-30)53-47-46(52-42)49-38-16-8-9-17-39(38)50-47/h1-26H. The summed E-state index contributed by atoms with van der Waals surface area (Å²) in [7, 11) is 0. The van der Waals surface area contributed by atoms with Crippen LogP contribution in [0.1, 0.15) is 5.56 Å². The minimum atomic E-state index is 0.352. The highest BCUT2D eigenvalue weighted by Gasteiger charge is 2.25. The molecule has 0 N–H and O–H groups in total. The molecule has 0 atom stereocenters. The van der Waals surface area contributed by atoms with E-state index in [-0.39, 0.29) is 0 Å². The van der Waals surface area contributed by atoms with E-state index in [0.717, 1.165) is 82.3 Å². The Morgan fingerprint density at radius 3 is 1.58 bits per heavy atom. The SMILES string of the molecule is N#Cc1ccc2c3ccc(-c4c5ccccc5c(-c5ccc6c(c5)Oc5nc7ccccc7nc5O6)c5ccccc45)cc3n(-c3ccccc3)c2c1. The molecule has 0 fully saturated rings. The molecule has 0 bridgehead atoms. The molecule has 246 valence electrons. The van der Waals surface area contributed by atoms with E-state index < -0.39 is 0 Å². The van der Waals surface area contributed by atoms with Gasteiger partial charge in [0.25, 0.3) is 11.8 Å². The maximum Gasteiger partial charge on any atom is 0.284 e. The van der Waals surface area contributed by atoms with Crippen LogP contribution < -0.4 is 9.47 Å². The Labute approximate surface area is 303 Å². The summed E-state index contributed by atoms with van der Waals surface area (Å²) in [6, 6.07) is 56.4. The van der Waals surface area contributed by atoms with E-state index in [1.165, 1.54) is 0 Å². The molecule has 1 aliphatic heterocycles. The number of rotatable bonds is 3. The lowest BCUT2D eigenvalue weighted by Gasteiger charge is -2.21. The van der Waals surface area contributed by atoms with Crippen molar-refractivity contribution in [2.24, 2.45) is 0 Å². The van der Waals surface area contributed by atoms with Crippen molar-refractivity contribution in [2.45, 2.75) is 0 Å². The van der Waals surface area contributed by atoms with Gasteiger partial charge in [-0.25, -0.2) is 9.97 Å². The third-order valence-electron chi connectivity index (χ3n) is 10.3. The summed E-state index contributed by atoms with van der Waals surface area (Å²) in [5.41, 5.74) is 9.67. The Hall–Kier alpha value is -7.49. The molecule has 0 spiro atoms. The zero-order valence-electron chi connectivity index (χ0n) is 28.1. The van der Waals surface area contributed by atoms with E-state index in [1.54, 1.807) is 0 Å². The third kappa shape index (κ3) is 4.45. The monoisotopic (exact) mass is 678 g/mol. The van der Waals surface area contributed by atoms with Crippen molar-refractivity contribution < 1.29 is 9.47 Å². The molecular weight excluding hydrogens is 653 g/mol. The Bertz CT molecular complexity index is 3140. The van der Waals surface area contributed by atoms with Crippen molar-refractivity contribution in [2.75, 3.05) is 0 Å². The quantitative estimate of drug-likeness (QED) is 0.174. The highest BCUT2D eigenvalue weighted by atomic mass is 16.6. The number of fused-ring (bicyclic) bond motifs is 8. The summed E-state index contributed by atoms with van der Waals surface area (Å²) in [6.07, 6.45) is 0. The third-order valence-corrected chi connectivity index (χ3v) is 10.3. The van der Waals surface area contributed by atoms with Crippen LogP contribution in [0.25, 0.3) is 82.3 Å². The van der Waals surface area contributed by atoms with E-state index in [0.29, 0.717) is 28.8 Å². The fourth-order valence-corrected chi connectivity index (χ4v) is 7.99. The minimum absolute atomic E-state index is 0.352. The summed E-state index contributed by atoms with van der Waals surface area (Å²) in [6.45, 7) is 0. The maximum atomic E-state index is 9.79. The van der Waals surface area contributed by atoms with Crippen molar-refractivity contribution in [1.82, 2.24) is 14.5 Å². The summed E-state index contributed by atoms with van der Waals surface area (Å²) in [4.78, 5) is 9.36. The van der Waals surface area contributed by atoms with Crippen molar-refractivity contribution in [3.05, 3.63) is 163 Å². The molecule has 6 nitrogen and oxygen atoms in total. The van der Waals surface area contributed by atoms with E-state index in [4.69, 9.17) is 14.5 Å². The second-order valence-electron chi connectivity index (χ2n) is 13.3. The molecule has 0 saturated carbocycles. The zero-order chi connectivity index (χ0) is 35.0. The Kier molecular flexibility index (Phi) is 6.22. The van der Waals surface area contributed by atoms with Crippen LogP contribution in [0.5, 0.6) is 23.3 Å². The average molecular weight is 679 g/mol. The highest BCUT2D eigenvalue weighted by molar-refractivity contribution is 6.22. The number of benzene rings is 8. The van der Waals surface area contributed by atoms with Gasteiger partial charge in [-0.3, -0.25) is 0 Å². The second kappa shape index (κ2) is 11.3. The largest absolute Gasteiger partial charge is 0.431 e. The van der Waals surface area contributed by atoms with Gasteiger partial charge < -0.3 is 14.0 Å². The van der Waals surface area contributed by atoms with Crippen LogP contribution in [0, 0.1) is 11.3 Å². The van der Waals surface area contributed by atoms with Crippen LogP contribution in [-0.4, -0.2) is 14.5 Å². The lowest BCUT2D eigenvalue weighted by Crippen LogP contribution is -2.03. The van der Waals surface area contributed by atoms with Gasteiger partial charge in [0, 0.05) is 16.5 Å². The number of aromatic nitrogens is 3. The summed E-state index contributed by atoms with van der Waals surface area (Å²) in [5.74, 6) is 1.90. The molecule has 3 heterocycles. The van der Waals surface area contributed by atoms with E-state index >= 15 is 0 Å². The highest BCUT2D eigenvalue weighted by Crippen LogP contribution is 2.49. The molecule has 8 aromatic carbocycles. The topological polar surface area (TPSA) is 73.0 Å². The Morgan fingerprint density at radius 2 is 0.962 bits per heavy atom. The van der Waals surface area contributed by atoms with Crippen LogP contribution in [0.4, 0.5) is 0 Å². The zero-order valence-corrected chi connectivity index (χ0v) is 28.1. The lowest BCUT2D eigenvalue weighted by atomic mass is 9.85. The summed E-state index contributed by atoms with van der Waals surface area (Å²) in [5, 5.41) is 16.6. The molecular formula is C47H26N4O2. The van der Waals surface area contributed by atoms with Crippen molar-refractivity contribution in [1.29, 1.82) is 5.26 Å². The Morgan fingerprint density at radius 1 is 0.453 bits per heavy atom. The summed E-state index contributed by atoms with van der Waals surface area (Å²) >= 11 is 0. The molecule has 0 unspecified atom stereocenters. The molecule has 0 aliphatic carbocycles. The van der Waals surface area contributed by atoms with Crippen LogP contribution >= 0.6 is 0 Å². The maximum absolute atomic E-state index is 9.79. The van der Waals surface area contributed by atoms with Crippen LogP contribution in [-0.2, 0) is 0 Å². The van der Waals surface area contributed by atoms with Gasteiger partial charge in [0.1, 0.15) is 0 Å². The van der Waals surface area contributed by atoms with E-state index in [9.17, 15) is 5.26 Å². The van der Waals surface area contributed by atoms with Gasteiger partial charge in [-0.1, -0.05) is 103 Å². The Balaban J connectivity index is 1.13. The van der Waals surface area contributed by atoms with E-state index in [2.05, 4.69) is 119 Å². The number of ether oxygens (including phenoxy) is 2. The molecule has 0 saturated heterocycles. The first-order valence-corrected chi connectivity index (χ1v) is 17.5. The van der Waals surface area contributed by atoms with Gasteiger partial charge in [-0.2, -0.15) is 5.26 Å². The van der Waals surface area contributed by atoms with Gasteiger partial charge in [0.15, 0.2) is 11.5 Å². The minimum Gasteiger partial charge on any atom is -0.431 e. The lowest BCUT2D eigenvalue weighted by molar-refractivity contribution is 0.339. The first-order valence-electron chi connectivity index (χ1n) is 17.5. The summed E-state index contributed by atoms with van der Waals surface area (Å²) < 4.78 is 14.9. The van der Waals surface area contributed by atoms with E-state index in [1.807, 2.05) is 54.6 Å². The van der Waals surface area contributed by atoms with Gasteiger partial charge >= 0.3 is 0 Å². The average Bonchev–Trinajstić information content (AvgIpc) is 3.54. The van der Waals surface area contributed by atoms with Gasteiger partial charge in [0.2, 0.25) is 0 Å². The predicted octanol–water partition coefficient (Wildman–Crippen LogP) is 12.1. The fourth-order valence-electron chi connectivity index (χ4n) is 7.99. The fraction of sp³-hybridized carbons (Fsp3) is 0. The van der Waals surface area contributed by atoms with Crippen LogP contribution in [0.3, 0.4) is 0 Å². The molecule has 10 aromatic rings. The molecule has 0 amide bonds. The number of hydrogen-bond donors (Lipinski definition) is 0. The van der Waals surface area contributed by atoms with Crippen molar-refractivity contribution in [3.8, 4) is 57.3 Å². The number of hydrogen-bond acceptors (Lipinski definition) is 5. The number of nitrogens with zero attached hydrogens (tertiary/aromatic N) is 4.